The van der Waals surface area contributed by atoms with Crippen molar-refractivity contribution in [3.63, 3.8) is 0 Å². The molecule has 0 aliphatic rings. The molecule has 0 fully saturated rings. The van der Waals surface area contributed by atoms with E-state index >= 15 is 0 Å². The van der Waals surface area contributed by atoms with Crippen LogP contribution in [0.25, 0.3) is 0 Å². The molecule has 1 atom stereocenters. The van der Waals surface area contributed by atoms with Gasteiger partial charge in [0.1, 0.15) is 0 Å². The van der Waals surface area contributed by atoms with Crippen LogP contribution in [0, 0.1) is 30.9 Å². The molecule has 0 saturated carbocycles. The summed E-state index contributed by atoms with van der Waals surface area (Å²) >= 11 is -1.83. The normalized spacial score (nSPS) is 12.2. The lowest BCUT2D eigenvalue weighted by Gasteiger charge is -2.09. The summed E-state index contributed by atoms with van der Waals surface area (Å²) in [5.41, 5.74) is 2.68. The second kappa shape index (κ2) is 5.37. The summed E-state index contributed by atoms with van der Waals surface area (Å²) in [6.07, 6.45) is 0.995. The van der Waals surface area contributed by atoms with E-state index in [4.69, 9.17) is 4.28 Å². The van der Waals surface area contributed by atoms with Gasteiger partial charge in [-0.1, -0.05) is 17.7 Å². The average Bonchev–Trinajstić information content (AvgIpc) is 2.75. The van der Waals surface area contributed by atoms with Gasteiger partial charge in [0.2, 0.25) is 6.33 Å². The highest BCUT2D eigenvalue weighted by molar-refractivity contribution is 7.80. The van der Waals surface area contributed by atoms with Crippen LogP contribution in [0.2, 0.25) is 0 Å². The molecule has 0 radical (unpaired) electrons. The summed E-state index contributed by atoms with van der Waals surface area (Å²) < 4.78 is 17.2. The number of nitro groups is 1. The van der Waals surface area contributed by atoms with Crippen molar-refractivity contribution < 1.29 is 13.4 Å². The highest BCUT2D eigenvalue weighted by atomic mass is 32.2. The standard InChI is InChI=1S/C11H12N4O4S/c1-7-4-8(2)10(9(3)5-7)20(18)19-14-6-12-11(13-14)15(16)17/h4-6H,1-3H3. The van der Waals surface area contributed by atoms with Gasteiger partial charge in [-0.3, -0.25) is 4.28 Å². The van der Waals surface area contributed by atoms with Gasteiger partial charge in [-0.2, -0.15) is 0 Å². The van der Waals surface area contributed by atoms with Crippen LogP contribution in [0.5, 0.6) is 0 Å². The van der Waals surface area contributed by atoms with Gasteiger partial charge in [0.05, 0.1) is 9.99 Å². The van der Waals surface area contributed by atoms with Gasteiger partial charge in [-0.25, -0.2) is 4.21 Å². The van der Waals surface area contributed by atoms with E-state index in [1.807, 2.05) is 32.9 Å². The Kier molecular flexibility index (Phi) is 3.79. The first-order valence-electron chi connectivity index (χ1n) is 5.63. The first-order valence-corrected chi connectivity index (χ1v) is 6.70. The van der Waals surface area contributed by atoms with Crippen molar-refractivity contribution in [2.75, 3.05) is 0 Å². The van der Waals surface area contributed by atoms with Crippen molar-refractivity contribution in [1.82, 2.24) is 14.9 Å². The molecule has 1 aromatic carbocycles. The fourth-order valence-electron chi connectivity index (χ4n) is 1.90. The lowest BCUT2D eigenvalue weighted by atomic mass is 10.1. The second-order valence-electron chi connectivity index (χ2n) is 4.24. The summed E-state index contributed by atoms with van der Waals surface area (Å²) in [4.78, 5) is 14.4. The van der Waals surface area contributed by atoms with Crippen LogP contribution in [0.15, 0.2) is 23.4 Å². The molecule has 106 valence electrons. The van der Waals surface area contributed by atoms with E-state index < -0.39 is 22.0 Å². The summed E-state index contributed by atoms with van der Waals surface area (Å²) in [5.74, 6) is -0.612. The lowest BCUT2D eigenvalue weighted by Crippen LogP contribution is -2.17. The summed E-state index contributed by atoms with van der Waals surface area (Å²) in [6.45, 7) is 5.58. The Bertz CT molecular complexity index is 674. The molecule has 1 unspecified atom stereocenters. The highest BCUT2D eigenvalue weighted by Gasteiger charge is 2.19. The van der Waals surface area contributed by atoms with E-state index in [2.05, 4.69) is 10.1 Å². The molecule has 0 amide bonds. The zero-order chi connectivity index (χ0) is 14.9. The number of hydrogen-bond donors (Lipinski definition) is 0. The SMILES string of the molecule is Cc1cc(C)c(S(=O)On2cnc([N+](=O)[O-])n2)c(C)c1. The van der Waals surface area contributed by atoms with Gasteiger partial charge in [-0.05, 0) is 41.8 Å². The van der Waals surface area contributed by atoms with Crippen molar-refractivity contribution in [3.05, 3.63) is 45.3 Å². The number of aryl methyl sites for hydroxylation is 3. The average molecular weight is 296 g/mol. The van der Waals surface area contributed by atoms with Crippen molar-refractivity contribution in [3.8, 4) is 0 Å². The molecule has 9 heteroatoms. The van der Waals surface area contributed by atoms with E-state index in [9.17, 15) is 14.3 Å². The first kappa shape index (κ1) is 14.1. The summed E-state index contributed by atoms with van der Waals surface area (Å²) in [6, 6.07) is 3.76. The molecule has 0 N–H and O–H groups in total. The minimum absolute atomic E-state index is 0.522. The third-order valence-electron chi connectivity index (χ3n) is 2.54. The van der Waals surface area contributed by atoms with E-state index in [0.29, 0.717) is 4.90 Å². The predicted octanol–water partition coefficient (Wildman–Crippen LogP) is 1.26. The zero-order valence-corrected chi connectivity index (χ0v) is 11.9. The smallest absolute Gasteiger partial charge is 0.390 e. The number of hydrogen-bond acceptors (Lipinski definition) is 6. The van der Waals surface area contributed by atoms with E-state index in [1.165, 1.54) is 0 Å². The van der Waals surface area contributed by atoms with Gasteiger partial charge in [-0.15, -0.1) is 0 Å². The van der Waals surface area contributed by atoms with Gasteiger partial charge in [0.25, 0.3) is 11.1 Å². The Balaban J connectivity index is 2.26. The molecule has 0 aliphatic heterocycles. The van der Waals surface area contributed by atoms with E-state index in [-0.39, 0.29) is 0 Å². The Morgan fingerprint density at radius 3 is 2.40 bits per heavy atom. The van der Waals surface area contributed by atoms with Crippen LogP contribution < -0.4 is 4.28 Å². The molecule has 2 aromatic rings. The molecular weight excluding hydrogens is 284 g/mol. The topological polar surface area (TPSA) is 100 Å². The van der Waals surface area contributed by atoms with Gasteiger partial charge in [0.15, 0.2) is 0 Å². The van der Waals surface area contributed by atoms with Crippen molar-refractivity contribution >= 4 is 17.0 Å². The fraction of sp³-hybridized carbons (Fsp3) is 0.273. The molecule has 0 aliphatic carbocycles. The monoisotopic (exact) mass is 296 g/mol. The van der Waals surface area contributed by atoms with Crippen LogP contribution in [0.4, 0.5) is 5.95 Å². The Hall–Kier alpha value is -2.29. The molecule has 0 spiro atoms. The quantitative estimate of drug-likeness (QED) is 0.622. The minimum Gasteiger partial charge on any atom is -0.390 e. The number of nitrogens with zero attached hydrogens (tertiary/aromatic N) is 4. The van der Waals surface area contributed by atoms with Crippen LogP contribution in [-0.2, 0) is 11.1 Å². The molecule has 1 aromatic heterocycles. The number of rotatable bonds is 4. The zero-order valence-electron chi connectivity index (χ0n) is 11.1. The Morgan fingerprint density at radius 2 is 1.90 bits per heavy atom. The maximum atomic E-state index is 12.2. The lowest BCUT2D eigenvalue weighted by molar-refractivity contribution is -0.394. The van der Waals surface area contributed by atoms with Gasteiger partial charge >= 0.3 is 5.95 Å². The predicted molar refractivity (Wildman–Crippen MR) is 70.3 cm³/mol. The van der Waals surface area contributed by atoms with E-state index in [0.717, 1.165) is 27.9 Å². The fourth-order valence-corrected chi connectivity index (χ4v) is 2.83. The summed E-state index contributed by atoms with van der Waals surface area (Å²) in [7, 11) is 0. The van der Waals surface area contributed by atoms with Crippen LogP contribution >= 0.6 is 0 Å². The maximum Gasteiger partial charge on any atom is 0.494 e. The number of aromatic nitrogens is 3. The Labute approximate surface area is 117 Å². The van der Waals surface area contributed by atoms with Crippen LogP contribution in [0.3, 0.4) is 0 Å². The third-order valence-corrected chi connectivity index (χ3v) is 3.80. The van der Waals surface area contributed by atoms with Gasteiger partial charge < -0.3 is 10.1 Å². The third kappa shape index (κ3) is 2.82. The van der Waals surface area contributed by atoms with Crippen LogP contribution in [0.1, 0.15) is 16.7 Å². The van der Waals surface area contributed by atoms with Crippen molar-refractivity contribution in [2.45, 2.75) is 25.7 Å². The molecule has 0 bridgehead atoms. The molecular formula is C11H12N4O4S. The number of benzene rings is 1. The molecule has 8 nitrogen and oxygen atoms in total. The molecule has 2 rings (SSSR count). The Morgan fingerprint density at radius 1 is 1.30 bits per heavy atom. The molecule has 20 heavy (non-hydrogen) atoms. The minimum atomic E-state index is -1.83. The van der Waals surface area contributed by atoms with Gasteiger partial charge in [0, 0.05) is 4.85 Å². The first-order chi connectivity index (χ1) is 9.38. The summed E-state index contributed by atoms with van der Waals surface area (Å²) in [5, 5.41) is 13.9. The maximum absolute atomic E-state index is 12.2. The van der Waals surface area contributed by atoms with Crippen molar-refractivity contribution in [1.29, 1.82) is 0 Å². The molecule has 1 heterocycles. The van der Waals surface area contributed by atoms with E-state index in [1.54, 1.807) is 0 Å². The molecule has 0 saturated heterocycles. The van der Waals surface area contributed by atoms with Crippen molar-refractivity contribution in [2.24, 2.45) is 0 Å². The largest absolute Gasteiger partial charge is 0.494 e. The highest BCUT2D eigenvalue weighted by Crippen LogP contribution is 2.19. The second-order valence-corrected chi connectivity index (χ2v) is 5.27. The van der Waals surface area contributed by atoms with Crippen LogP contribution in [-0.4, -0.2) is 24.1 Å².